The fraction of sp³-hybridized carbons (Fsp3) is 0.412. The molecule has 1 aromatic heterocycles. The molecule has 0 radical (unpaired) electrons. The van der Waals surface area contributed by atoms with Crippen LogP contribution in [0, 0.1) is 0 Å². The molecule has 8 nitrogen and oxygen atoms in total. The zero-order chi connectivity index (χ0) is 17.6. The molecule has 1 aliphatic rings. The van der Waals surface area contributed by atoms with Gasteiger partial charge in [-0.15, -0.1) is 10.2 Å². The van der Waals surface area contributed by atoms with Crippen molar-refractivity contribution in [3.63, 3.8) is 0 Å². The van der Waals surface area contributed by atoms with Gasteiger partial charge in [0.15, 0.2) is 0 Å². The minimum absolute atomic E-state index is 0.0180. The summed E-state index contributed by atoms with van der Waals surface area (Å²) < 4.78 is 10.5. The Morgan fingerprint density at radius 3 is 2.44 bits per heavy atom. The summed E-state index contributed by atoms with van der Waals surface area (Å²) in [6, 6.07) is 9.71. The molecule has 0 N–H and O–H groups in total. The third-order valence-corrected chi connectivity index (χ3v) is 3.94. The lowest BCUT2D eigenvalue weighted by molar-refractivity contribution is 0.0538. The van der Waals surface area contributed by atoms with Crippen LogP contribution >= 0.6 is 0 Å². The van der Waals surface area contributed by atoms with E-state index < -0.39 is 0 Å². The van der Waals surface area contributed by atoms with Gasteiger partial charge in [0.2, 0.25) is 5.89 Å². The summed E-state index contributed by atoms with van der Waals surface area (Å²) in [4.78, 5) is 27.3. The average Bonchev–Trinajstić information content (AvgIpc) is 3.11. The SMILES string of the molecule is CCOC(=O)N1CCN(C(=O)c2nnc(Cc3ccccc3)o2)CC1. The molecule has 0 bridgehead atoms. The van der Waals surface area contributed by atoms with E-state index in [1.54, 1.807) is 16.7 Å². The first kappa shape index (κ1) is 16.9. The Morgan fingerprint density at radius 1 is 1.08 bits per heavy atom. The molecule has 8 heteroatoms. The topological polar surface area (TPSA) is 88.8 Å². The van der Waals surface area contributed by atoms with E-state index in [9.17, 15) is 9.59 Å². The van der Waals surface area contributed by atoms with E-state index in [1.807, 2.05) is 30.3 Å². The highest BCUT2D eigenvalue weighted by Crippen LogP contribution is 2.12. The number of hydrogen-bond donors (Lipinski definition) is 0. The highest BCUT2D eigenvalue weighted by molar-refractivity contribution is 5.89. The van der Waals surface area contributed by atoms with E-state index in [1.165, 1.54) is 0 Å². The van der Waals surface area contributed by atoms with Crippen molar-refractivity contribution < 1.29 is 18.7 Å². The second-order valence-electron chi connectivity index (χ2n) is 5.64. The number of ether oxygens (including phenoxy) is 1. The third kappa shape index (κ3) is 4.14. The van der Waals surface area contributed by atoms with Crippen LogP contribution in [0.3, 0.4) is 0 Å². The maximum Gasteiger partial charge on any atom is 0.409 e. The smallest absolute Gasteiger partial charge is 0.409 e. The monoisotopic (exact) mass is 344 g/mol. The molecule has 132 valence electrons. The van der Waals surface area contributed by atoms with E-state index in [-0.39, 0.29) is 17.9 Å². The predicted molar refractivity (Wildman–Crippen MR) is 88.0 cm³/mol. The van der Waals surface area contributed by atoms with Crippen molar-refractivity contribution in [1.82, 2.24) is 20.0 Å². The summed E-state index contributed by atoms with van der Waals surface area (Å²) in [5, 5.41) is 7.80. The largest absolute Gasteiger partial charge is 0.450 e. The number of benzene rings is 1. The minimum Gasteiger partial charge on any atom is -0.450 e. The number of hydrogen-bond acceptors (Lipinski definition) is 6. The van der Waals surface area contributed by atoms with Gasteiger partial charge in [-0.3, -0.25) is 4.79 Å². The minimum atomic E-state index is -0.350. The van der Waals surface area contributed by atoms with Crippen molar-refractivity contribution in [1.29, 1.82) is 0 Å². The van der Waals surface area contributed by atoms with Crippen LogP contribution in [-0.2, 0) is 11.2 Å². The maximum atomic E-state index is 12.5. The van der Waals surface area contributed by atoms with Crippen LogP contribution in [0.5, 0.6) is 0 Å². The number of carbonyl (C=O) groups excluding carboxylic acids is 2. The molecule has 2 amide bonds. The summed E-state index contributed by atoms with van der Waals surface area (Å²) in [7, 11) is 0. The Kier molecular flexibility index (Phi) is 5.27. The molecule has 0 spiro atoms. The van der Waals surface area contributed by atoms with Crippen molar-refractivity contribution in [3.8, 4) is 0 Å². The lowest BCUT2D eigenvalue weighted by atomic mass is 10.2. The van der Waals surface area contributed by atoms with Crippen LogP contribution in [0.25, 0.3) is 0 Å². The van der Waals surface area contributed by atoms with E-state index >= 15 is 0 Å². The maximum absolute atomic E-state index is 12.5. The Morgan fingerprint density at radius 2 is 1.76 bits per heavy atom. The number of rotatable bonds is 4. The average molecular weight is 344 g/mol. The summed E-state index contributed by atoms with van der Waals surface area (Å²) in [5.41, 5.74) is 1.04. The Hall–Kier alpha value is -2.90. The van der Waals surface area contributed by atoms with Crippen molar-refractivity contribution >= 4 is 12.0 Å². The van der Waals surface area contributed by atoms with E-state index in [4.69, 9.17) is 9.15 Å². The zero-order valence-electron chi connectivity index (χ0n) is 14.1. The molecular weight excluding hydrogens is 324 g/mol. The number of nitrogens with zero attached hydrogens (tertiary/aromatic N) is 4. The quantitative estimate of drug-likeness (QED) is 0.836. The van der Waals surface area contributed by atoms with Gasteiger partial charge in [-0.05, 0) is 12.5 Å². The Bertz CT molecular complexity index is 723. The van der Waals surface area contributed by atoms with Gasteiger partial charge in [0, 0.05) is 26.2 Å². The number of piperazine rings is 1. The number of amides is 2. The fourth-order valence-corrected chi connectivity index (χ4v) is 2.62. The van der Waals surface area contributed by atoms with Crippen molar-refractivity contribution in [2.45, 2.75) is 13.3 Å². The first-order chi connectivity index (χ1) is 12.2. The molecule has 1 aliphatic heterocycles. The zero-order valence-corrected chi connectivity index (χ0v) is 14.1. The van der Waals surface area contributed by atoms with Crippen LogP contribution in [0.4, 0.5) is 4.79 Å². The van der Waals surface area contributed by atoms with Gasteiger partial charge in [0.1, 0.15) is 0 Å². The van der Waals surface area contributed by atoms with Gasteiger partial charge >= 0.3 is 17.9 Å². The van der Waals surface area contributed by atoms with Crippen molar-refractivity contribution in [3.05, 3.63) is 47.7 Å². The van der Waals surface area contributed by atoms with Gasteiger partial charge in [0.25, 0.3) is 0 Å². The third-order valence-electron chi connectivity index (χ3n) is 3.94. The highest BCUT2D eigenvalue weighted by atomic mass is 16.6. The standard InChI is InChI=1S/C17H20N4O4/c1-2-24-17(23)21-10-8-20(9-11-21)16(22)15-19-18-14(25-15)12-13-6-4-3-5-7-13/h3-7H,2,8-12H2,1H3. The molecule has 0 aliphatic carbocycles. The van der Waals surface area contributed by atoms with Gasteiger partial charge in [-0.2, -0.15) is 0 Å². The Labute approximate surface area is 145 Å². The second-order valence-corrected chi connectivity index (χ2v) is 5.64. The molecule has 1 fully saturated rings. The van der Waals surface area contributed by atoms with Gasteiger partial charge in [-0.25, -0.2) is 4.79 Å². The van der Waals surface area contributed by atoms with E-state index in [0.717, 1.165) is 5.56 Å². The summed E-state index contributed by atoms with van der Waals surface area (Å²) in [6.45, 7) is 3.78. The van der Waals surface area contributed by atoms with Crippen molar-refractivity contribution in [2.24, 2.45) is 0 Å². The van der Waals surface area contributed by atoms with Crippen LogP contribution in [0.1, 0.15) is 29.1 Å². The lowest BCUT2D eigenvalue weighted by Crippen LogP contribution is -2.50. The first-order valence-corrected chi connectivity index (χ1v) is 8.24. The van der Waals surface area contributed by atoms with Gasteiger partial charge in [-0.1, -0.05) is 30.3 Å². The first-order valence-electron chi connectivity index (χ1n) is 8.24. The predicted octanol–water partition coefficient (Wildman–Crippen LogP) is 1.57. The molecule has 0 saturated carbocycles. The number of carbonyl (C=O) groups is 2. The van der Waals surface area contributed by atoms with Crippen LogP contribution in [-0.4, -0.2) is 64.8 Å². The van der Waals surface area contributed by atoms with Gasteiger partial charge in [0.05, 0.1) is 13.0 Å². The molecule has 1 aromatic carbocycles. The Balaban J connectivity index is 1.56. The molecule has 1 saturated heterocycles. The van der Waals surface area contributed by atoms with Crippen molar-refractivity contribution in [2.75, 3.05) is 32.8 Å². The summed E-state index contributed by atoms with van der Waals surface area (Å²) >= 11 is 0. The van der Waals surface area contributed by atoms with Crippen LogP contribution in [0.2, 0.25) is 0 Å². The van der Waals surface area contributed by atoms with E-state index in [0.29, 0.717) is 45.1 Å². The molecule has 25 heavy (non-hydrogen) atoms. The normalized spacial score (nSPS) is 14.4. The molecule has 2 aromatic rings. The molecular formula is C17H20N4O4. The number of aromatic nitrogens is 2. The second kappa shape index (κ2) is 7.78. The highest BCUT2D eigenvalue weighted by Gasteiger charge is 2.28. The molecule has 2 heterocycles. The van der Waals surface area contributed by atoms with E-state index in [2.05, 4.69) is 10.2 Å². The molecule has 0 atom stereocenters. The molecule has 3 rings (SSSR count). The fourth-order valence-electron chi connectivity index (χ4n) is 2.62. The van der Waals surface area contributed by atoms with Crippen LogP contribution in [0.15, 0.2) is 34.7 Å². The summed E-state index contributed by atoms with van der Waals surface area (Å²) in [5.74, 6) is 0.0746. The lowest BCUT2D eigenvalue weighted by Gasteiger charge is -2.33. The molecule has 0 unspecified atom stereocenters. The summed E-state index contributed by atoms with van der Waals surface area (Å²) in [6.07, 6.45) is 0.134. The van der Waals surface area contributed by atoms with Gasteiger partial charge < -0.3 is 19.0 Å². The van der Waals surface area contributed by atoms with Crippen LogP contribution < -0.4 is 0 Å².